The molecule has 0 saturated carbocycles. The zero-order valence-corrected chi connectivity index (χ0v) is 15.6. The fourth-order valence-electron chi connectivity index (χ4n) is 3.64. The number of hydrogen-bond donors (Lipinski definition) is 1. The van der Waals surface area contributed by atoms with Crippen molar-refractivity contribution in [3.05, 3.63) is 70.9 Å². The first-order chi connectivity index (χ1) is 12.6. The average Bonchev–Trinajstić information content (AvgIpc) is 3.23. The highest BCUT2D eigenvalue weighted by Crippen LogP contribution is 2.29. The van der Waals surface area contributed by atoms with Gasteiger partial charge in [0.05, 0.1) is 11.9 Å². The highest BCUT2D eigenvalue weighted by molar-refractivity contribution is 5.64. The Balaban J connectivity index is 1.44. The van der Waals surface area contributed by atoms with Gasteiger partial charge in [0.25, 0.3) is 0 Å². The number of aromatic amines is 1. The predicted octanol–water partition coefficient (Wildman–Crippen LogP) is 4.13. The van der Waals surface area contributed by atoms with Gasteiger partial charge >= 0.3 is 0 Å². The Hall–Kier alpha value is -2.59. The van der Waals surface area contributed by atoms with Crippen LogP contribution in [-0.4, -0.2) is 34.8 Å². The van der Waals surface area contributed by atoms with Crippen molar-refractivity contribution in [3.8, 4) is 17.0 Å². The van der Waals surface area contributed by atoms with E-state index in [4.69, 9.17) is 4.74 Å². The summed E-state index contributed by atoms with van der Waals surface area (Å²) in [6.07, 6.45) is 3.13. The van der Waals surface area contributed by atoms with E-state index in [9.17, 15) is 0 Å². The number of hydrogen-bond acceptors (Lipinski definition) is 3. The zero-order valence-electron chi connectivity index (χ0n) is 15.6. The minimum absolute atomic E-state index is 0.217. The highest BCUT2D eigenvalue weighted by atomic mass is 16.5. The van der Waals surface area contributed by atoms with Crippen molar-refractivity contribution in [1.29, 1.82) is 0 Å². The van der Waals surface area contributed by atoms with Gasteiger partial charge in [-0.15, -0.1) is 0 Å². The lowest BCUT2D eigenvalue weighted by Gasteiger charge is -2.21. The van der Waals surface area contributed by atoms with Crippen molar-refractivity contribution in [2.45, 2.75) is 32.9 Å². The summed E-state index contributed by atoms with van der Waals surface area (Å²) in [6.45, 7) is 6.03. The first-order valence-corrected chi connectivity index (χ1v) is 9.13. The van der Waals surface area contributed by atoms with Crippen molar-refractivity contribution in [1.82, 2.24) is 15.1 Å². The van der Waals surface area contributed by atoms with Crippen LogP contribution >= 0.6 is 0 Å². The standard InChI is InChI=1S/C22H25N3O/c1-15-8-9-18(10-16(15)2)22-19(12-23-24-22)13-25(3)14-20-11-17-6-4-5-7-21(17)26-20/h4-10,12,20H,11,13-14H2,1-3H3,(H,23,24). The van der Waals surface area contributed by atoms with Crippen molar-refractivity contribution >= 4 is 0 Å². The molecule has 4 rings (SSSR count). The summed E-state index contributed by atoms with van der Waals surface area (Å²) in [4.78, 5) is 2.31. The van der Waals surface area contributed by atoms with Gasteiger partial charge in [0.2, 0.25) is 0 Å². The number of para-hydroxylation sites is 1. The first-order valence-electron chi connectivity index (χ1n) is 9.13. The van der Waals surface area contributed by atoms with Crippen LogP contribution in [0.4, 0.5) is 0 Å². The maximum atomic E-state index is 6.08. The molecule has 1 aromatic heterocycles. The molecular weight excluding hydrogens is 322 g/mol. The lowest BCUT2D eigenvalue weighted by molar-refractivity contribution is 0.165. The van der Waals surface area contributed by atoms with Gasteiger partial charge in [-0.1, -0.05) is 30.3 Å². The smallest absolute Gasteiger partial charge is 0.123 e. The second-order valence-electron chi connectivity index (χ2n) is 7.32. The normalized spacial score (nSPS) is 15.9. The van der Waals surface area contributed by atoms with Gasteiger partial charge in [-0.25, -0.2) is 0 Å². The van der Waals surface area contributed by atoms with Crippen LogP contribution in [0.3, 0.4) is 0 Å². The van der Waals surface area contributed by atoms with E-state index >= 15 is 0 Å². The Morgan fingerprint density at radius 2 is 2.00 bits per heavy atom. The number of rotatable bonds is 5. The second-order valence-corrected chi connectivity index (χ2v) is 7.32. The van der Waals surface area contributed by atoms with Gasteiger partial charge in [0.15, 0.2) is 0 Å². The summed E-state index contributed by atoms with van der Waals surface area (Å²) in [5.41, 5.74) is 7.43. The number of nitrogens with one attached hydrogen (secondary N) is 1. The summed E-state index contributed by atoms with van der Waals surface area (Å²) in [5, 5.41) is 7.46. The first kappa shape index (κ1) is 16.9. The molecule has 4 nitrogen and oxygen atoms in total. The van der Waals surface area contributed by atoms with E-state index in [0.717, 1.165) is 31.0 Å². The minimum atomic E-state index is 0.217. The molecule has 1 aliphatic rings. The van der Waals surface area contributed by atoms with Crippen LogP contribution in [-0.2, 0) is 13.0 Å². The van der Waals surface area contributed by atoms with E-state index in [0.29, 0.717) is 0 Å². The van der Waals surface area contributed by atoms with Crippen molar-refractivity contribution in [2.24, 2.45) is 0 Å². The van der Waals surface area contributed by atoms with E-state index in [1.165, 1.54) is 27.8 Å². The Morgan fingerprint density at radius 3 is 2.81 bits per heavy atom. The summed E-state index contributed by atoms with van der Waals surface area (Å²) in [6, 6.07) is 14.9. The molecule has 0 fully saturated rings. The van der Waals surface area contributed by atoms with Crippen molar-refractivity contribution in [2.75, 3.05) is 13.6 Å². The number of nitrogens with zero attached hydrogens (tertiary/aromatic N) is 2. The summed E-state index contributed by atoms with van der Waals surface area (Å²) in [5.74, 6) is 1.03. The molecule has 134 valence electrons. The van der Waals surface area contributed by atoms with E-state index in [1.54, 1.807) is 0 Å². The largest absolute Gasteiger partial charge is 0.488 e. The number of fused-ring (bicyclic) bond motifs is 1. The highest BCUT2D eigenvalue weighted by Gasteiger charge is 2.24. The number of benzene rings is 2. The maximum absolute atomic E-state index is 6.08. The number of aromatic nitrogens is 2. The number of aryl methyl sites for hydroxylation is 2. The topological polar surface area (TPSA) is 41.2 Å². The van der Waals surface area contributed by atoms with Crippen LogP contribution in [0.25, 0.3) is 11.3 Å². The molecule has 0 radical (unpaired) electrons. The molecule has 2 aromatic carbocycles. The van der Waals surface area contributed by atoms with E-state index < -0.39 is 0 Å². The van der Waals surface area contributed by atoms with Gasteiger partial charge < -0.3 is 4.74 Å². The molecule has 1 atom stereocenters. The molecule has 0 bridgehead atoms. The fourth-order valence-corrected chi connectivity index (χ4v) is 3.64. The molecule has 0 amide bonds. The fraction of sp³-hybridized carbons (Fsp3) is 0.318. The minimum Gasteiger partial charge on any atom is -0.488 e. The maximum Gasteiger partial charge on any atom is 0.123 e. The molecule has 1 unspecified atom stereocenters. The molecule has 2 heterocycles. The molecule has 26 heavy (non-hydrogen) atoms. The molecule has 1 aliphatic heterocycles. The van der Waals surface area contributed by atoms with Crippen molar-refractivity contribution in [3.63, 3.8) is 0 Å². The quantitative estimate of drug-likeness (QED) is 0.754. The number of likely N-dealkylation sites (N-methyl/N-ethyl adjacent to an activating group) is 1. The Morgan fingerprint density at radius 1 is 1.15 bits per heavy atom. The molecule has 0 spiro atoms. The predicted molar refractivity (Wildman–Crippen MR) is 104 cm³/mol. The molecular formula is C22H25N3O. The summed E-state index contributed by atoms with van der Waals surface area (Å²) < 4.78 is 6.08. The molecule has 3 aromatic rings. The number of H-pyrrole nitrogens is 1. The summed E-state index contributed by atoms with van der Waals surface area (Å²) in [7, 11) is 2.14. The molecule has 1 N–H and O–H groups in total. The number of ether oxygens (including phenoxy) is 1. The van der Waals surface area contributed by atoms with Crippen LogP contribution in [0.5, 0.6) is 5.75 Å². The zero-order chi connectivity index (χ0) is 18.1. The van der Waals surface area contributed by atoms with E-state index in [-0.39, 0.29) is 6.10 Å². The van der Waals surface area contributed by atoms with Gasteiger partial charge in [0.1, 0.15) is 11.9 Å². The third-order valence-corrected chi connectivity index (χ3v) is 5.18. The van der Waals surface area contributed by atoms with Crippen molar-refractivity contribution < 1.29 is 4.74 Å². The van der Waals surface area contributed by atoms with E-state index in [2.05, 4.69) is 72.4 Å². The molecule has 0 aliphatic carbocycles. The van der Waals surface area contributed by atoms with Crippen LogP contribution in [0.15, 0.2) is 48.7 Å². The Labute approximate surface area is 154 Å². The van der Waals surface area contributed by atoms with Crippen LogP contribution in [0.1, 0.15) is 22.3 Å². The average molecular weight is 347 g/mol. The van der Waals surface area contributed by atoms with Gasteiger partial charge in [-0.05, 0) is 49.7 Å². The Bertz CT molecular complexity index is 890. The van der Waals surface area contributed by atoms with E-state index in [1.807, 2.05) is 12.3 Å². The third-order valence-electron chi connectivity index (χ3n) is 5.18. The third kappa shape index (κ3) is 3.37. The van der Waals surface area contributed by atoms with Gasteiger partial charge in [-0.3, -0.25) is 10.00 Å². The monoisotopic (exact) mass is 347 g/mol. The van der Waals surface area contributed by atoms with Gasteiger partial charge in [0, 0.05) is 30.6 Å². The SMILES string of the molecule is Cc1ccc(-c2[nH]ncc2CN(C)CC2Cc3ccccc3O2)cc1C. The lowest BCUT2D eigenvalue weighted by atomic mass is 10.0. The molecule has 0 saturated heterocycles. The molecule has 4 heteroatoms. The summed E-state index contributed by atoms with van der Waals surface area (Å²) >= 11 is 0. The van der Waals surface area contributed by atoms with Gasteiger partial charge in [-0.2, -0.15) is 5.10 Å². The second kappa shape index (κ2) is 6.96. The van der Waals surface area contributed by atoms with Crippen LogP contribution in [0.2, 0.25) is 0 Å². The Kier molecular flexibility index (Phi) is 4.51. The van der Waals surface area contributed by atoms with Crippen LogP contribution < -0.4 is 4.74 Å². The van der Waals surface area contributed by atoms with Crippen LogP contribution in [0, 0.1) is 13.8 Å². The lowest BCUT2D eigenvalue weighted by Crippen LogP contribution is -2.31.